The lowest BCUT2D eigenvalue weighted by molar-refractivity contribution is 0.207. The number of aliphatic hydroxyl groups excluding tert-OH is 1. The van der Waals surface area contributed by atoms with Gasteiger partial charge in [-0.2, -0.15) is 0 Å². The van der Waals surface area contributed by atoms with Crippen LogP contribution in [0, 0.1) is 19.7 Å². The van der Waals surface area contributed by atoms with Gasteiger partial charge in [0.05, 0.1) is 12.8 Å². The highest BCUT2D eigenvalue weighted by Gasteiger charge is 2.19. The third kappa shape index (κ3) is 2.71. The number of nitrogens with zero attached hydrogens (tertiary/aromatic N) is 2. The molecule has 0 radical (unpaired) electrons. The van der Waals surface area contributed by atoms with Crippen molar-refractivity contribution in [1.82, 2.24) is 10.2 Å². The fourth-order valence-electron chi connectivity index (χ4n) is 2.01. The Labute approximate surface area is 110 Å². The van der Waals surface area contributed by atoms with Crippen LogP contribution in [0.1, 0.15) is 28.5 Å². The second-order valence-corrected chi connectivity index (χ2v) is 4.38. The zero-order valence-electron chi connectivity index (χ0n) is 11.0. The minimum Gasteiger partial charge on any atom is -0.480 e. The monoisotopic (exact) mass is 262 g/mol. The normalized spacial score (nSPS) is 12.3. The molecule has 1 atom stereocenters. The lowest BCUT2D eigenvalue weighted by Crippen LogP contribution is -2.08. The summed E-state index contributed by atoms with van der Waals surface area (Å²) in [6.07, 6.45) is -1.14. The molecule has 0 saturated carbocycles. The molecule has 1 N–H and O–H groups in total. The van der Waals surface area contributed by atoms with E-state index in [0.717, 1.165) is 5.56 Å². The first-order valence-electron chi connectivity index (χ1n) is 5.85. The number of benzene rings is 1. The van der Waals surface area contributed by atoms with E-state index >= 15 is 0 Å². The molecule has 0 aliphatic rings. The molecule has 0 saturated heterocycles. The summed E-state index contributed by atoms with van der Waals surface area (Å²) in [6, 6.07) is 6.35. The number of methoxy groups -OCH3 is 1. The fraction of sp³-hybridized carbons (Fsp3) is 0.286. The lowest BCUT2D eigenvalue weighted by atomic mass is 9.98. The fourth-order valence-corrected chi connectivity index (χ4v) is 2.01. The molecule has 1 aromatic carbocycles. The SMILES string of the molecule is COc1ccc(C(O)c2c(C)cc(C)cc2F)nn1. The van der Waals surface area contributed by atoms with Gasteiger partial charge in [-0.25, -0.2) is 4.39 Å². The zero-order valence-corrected chi connectivity index (χ0v) is 11.0. The van der Waals surface area contributed by atoms with E-state index in [4.69, 9.17) is 4.74 Å². The van der Waals surface area contributed by atoms with Gasteiger partial charge in [0.2, 0.25) is 5.88 Å². The lowest BCUT2D eigenvalue weighted by Gasteiger charge is -2.14. The minimum atomic E-state index is -1.14. The van der Waals surface area contributed by atoms with Gasteiger partial charge in [-0.15, -0.1) is 10.2 Å². The summed E-state index contributed by atoms with van der Waals surface area (Å²) in [6.45, 7) is 3.56. The van der Waals surface area contributed by atoms with Crippen molar-refractivity contribution in [3.8, 4) is 5.88 Å². The molecule has 5 heteroatoms. The van der Waals surface area contributed by atoms with Crippen molar-refractivity contribution < 1.29 is 14.2 Å². The van der Waals surface area contributed by atoms with Gasteiger partial charge in [0.15, 0.2) is 0 Å². The molecular formula is C14H15FN2O2. The van der Waals surface area contributed by atoms with Gasteiger partial charge in [-0.3, -0.25) is 0 Å². The maximum Gasteiger partial charge on any atom is 0.233 e. The van der Waals surface area contributed by atoms with Crippen LogP contribution in [-0.4, -0.2) is 22.4 Å². The van der Waals surface area contributed by atoms with Gasteiger partial charge in [0.25, 0.3) is 0 Å². The van der Waals surface area contributed by atoms with Gasteiger partial charge >= 0.3 is 0 Å². The topological polar surface area (TPSA) is 55.2 Å². The van der Waals surface area contributed by atoms with E-state index in [0.29, 0.717) is 11.4 Å². The molecule has 0 spiro atoms. The van der Waals surface area contributed by atoms with Crippen molar-refractivity contribution in [1.29, 1.82) is 0 Å². The predicted octanol–water partition coefficient (Wildman–Crippen LogP) is 2.32. The number of aromatic nitrogens is 2. The van der Waals surface area contributed by atoms with E-state index in [9.17, 15) is 9.50 Å². The van der Waals surface area contributed by atoms with E-state index in [2.05, 4.69) is 10.2 Å². The van der Waals surface area contributed by atoms with Gasteiger partial charge < -0.3 is 9.84 Å². The highest BCUT2D eigenvalue weighted by molar-refractivity contribution is 5.37. The Bertz CT molecular complexity index is 561. The molecule has 1 aromatic heterocycles. The third-order valence-corrected chi connectivity index (χ3v) is 2.90. The van der Waals surface area contributed by atoms with Crippen LogP contribution in [0.4, 0.5) is 4.39 Å². The van der Waals surface area contributed by atoms with Gasteiger partial charge in [0, 0.05) is 11.6 Å². The van der Waals surface area contributed by atoms with E-state index in [-0.39, 0.29) is 11.3 Å². The Morgan fingerprint density at radius 1 is 1.21 bits per heavy atom. The largest absolute Gasteiger partial charge is 0.480 e. The van der Waals surface area contributed by atoms with Crippen LogP contribution in [0.25, 0.3) is 0 Å². The summed E-state index contributed by atoms with van der Waals surface area (Å²) >= 11 is 0. The molecule has 100 valence electrons. The molecule has 1 heterocycles. The molecule has 19 heavy (non-hydrogen) atoms. The molecule has 1 unspecified atom stereocenters. The number of hydrogen-bond donors (Lipinski definition) is 1. The first kappa shape index (κ1) is 13.4. The standard InChI is InChI=1S/C14H15FN2O2/c1-8-6-9(2)13(10(15)7-8)14(18)11-4-5-12(19-3)17-16-11/h4-7,14,18H,1-3H3. The molecule has 0 bridgehead atoms. The number of rotatable bonds is 3. The third-order valence-electron chi connectivity index (χ3n) is 2.90. The zero-order chi connectivity index (χ0) is 14.0. The van der Waals surface area contributed by atoms with Crippen LogP contribution in [-0.2, 0) is 0 Å². The highest BCUT2D eigenvalue weighted by atomic mass is 19.1. The molecular weight excluding hydrogens is 247 g/mol. The maximum atomic E-state index is 14.0. The summed E-state index contributed by atoms with van der Waals surface area (Å²) < 4.78 is 18.8. The Balaban J connectivity index is 2.40. The van der Waals surface area contributed by atoms with E-state index in [1.165, 1.54) is 13.2 Å². The quantitative estimate of drug-likeness (QED) is 0.922. The van der Waals surface area contributed by atoms with Gasteiger partial charge in [-0.1, -0.05) is 6.07 Å². The molecule has 2 aromatic rings. The minimum absolute atomic E-state index is 0.227. The summed E-state index contributed by atoms with van der Waals surface area (Å²) in [5.74, 6) is -0.0975. The second-order valence-electron chi connectivity index (χ2n) is 4.38. The summed E-state index contributed by atoms with van der Waals surface area (Å²) in [5, 5.41) is 17.8. The van der Waals surface area contributed by atoms with E-state index < -0.39 is 11.9 Å². The van der Waals surface area contributed by atoms with Crippen molar-refractivity contribution in [2.45, 2.75) is 20.0 Å². The molecule has 2 rings (SSSR count). The number of hydrogen-bond acceptors (Lipinski definition) is 4. The smallest absolute Gasteiger partial charge is 0.233 e. The number of halogens is 1. The second kappa shape index (κ2) is 5.32. The van der Waals surface area contributed by atoms with Crippen LogP contribution in [0.5, 0.6) is 5.88 Å². The van der Waals surface area contributed by atoms with E-state index in [1.807, 2.05) is 6.07 Å². The predicted molar refractivity (Wildman–Crippen MR) is 68.5 cm³/mol. The van der Waals surface area contributed by atoms with Crippen molar-refractivity contribution in [3.63, 3.8) is 0 Å². The Hall–Kier alpha value is -2.01. The Morgan fingerprint density at radius 3 is 2.47 bits per heavy atom. The van der Waals surface area contributed by atoms with Crippen LogP contribution in [0.2, 0.25) is 0 Å². The average Bonchev–Trinajstić information content (AvgIpc) is 2.37. The van der Waals surface area contributed by atoms with Crippen molar-refractivity contribution >= 4 is 0 Å². The van der Waals surface area contributed by atoms with Crippen molar-refractivity contribution in [3.05, 3.63) is 52.5 Å². The maximum absolute atomic E-state index is 14.0. The molecule has 0 fully saturated rings. The average molecular weight is 262 g/mol. The van der Waals surface area contributed by atoms with Crippen LogP contribution in [0.15, 0.2) is 24.3 Å². The number of aryl methyl sites for hydroxylation is 2. The Morgan fingerprint density at radius 2 is 1.95 bits per heavy atom. The first-order chi connectivity index (χ1) is 9.02. The van der Waals surface area contributed by atoms with Gasteiger partial charge in [-0.05, 0) is 37.1 Å². The molecule has 0 aliphatic heterocycles. The van der Waals surface area contributed by atoms with Crippen LogP contribution in [0.3, 0.4) is 0 Å². The first-order valence-corrected chi connectivity index (χ1v) is 5.85. The van der Waals surface area contributed by atoms with Crippen LogP contribution < -0.4 is 4.74 Å². The highest BCUT2D eigenvalue weighted by Crippen LogP contribution is 2.27. The summed E-state index contributed by atoms with van der Waals surface area (Å²) in [4.78, 5) is 0. The number of aliphatic hydroxyl groups is 1. The molecule has 0 aliphatic carbocycles. The summed E-state index contributed by atoms with van der Waals surface area (Å²) in [5.41, 5.74) is 2.01. The molecule has 4 nitrogen and oxygen atoms in total. The number of ether oxygens (including phenoxy) is 1. The van der Waals surface area contributed by atoms with Crippen LogP contribution >= 0.6 is 0 Å². The Kier molecular flexibility index (Phi) is 3.76. The van der Waals surface area contributed by atoms with E-state index in [1.54, 1.807) is 26.0 Å². The van der Waals surface area contributed by atoms with Crippen molar-refractivity contribution in [2.75, 3.05) is 7.11 Å². The van der Waals surface area contributed by atoms with Gasteiger partial charge in [0.1, 0.15) is 11.9 Å². The summed E-state index contributed by atoms with van der Waals surface area (Å²) in [7, 11) is 1.48. The van der Waals surface area contributed by atoms with Crippen molar-refractivity contribution in [2.24, 2.45) is 0 Å². The molecule has 0 amide bonds.